The molecular weight excluding hydrogens is 527 g/mol. The smallest absolute Gasteiger partial charge is 0.356 e. The summed E-state index contributed by atoms with van der Waals surface area (Å²) in [5.41, 5.74) is 3.45. The zero-order chi connectivity index (χ0) is 25.7. The summed E-state index contributed by atoms with van der Waals surface area (Å²) in [7, 11) is 0. The fourth-order valence-electron chi connectivity index (χ4n) is 5.33. The first-order chi connectivity index (χ1) is 17.9. The first-order valence-corrected chi connectivity index (χ1v) is 13.8. The molecule has 0 aromatic heterocycles. The number of hydrogen-bond donors (Lipinski definition) is 1. The molecule has 6 rings (SSSR count). The van der Waals surface area contributed by atoms with Crippen molar-refractivity contribution in [1.82, 2.24) is 10.2 Å². The molecule has 1 amide bonds. The van der Waals surface area contributed by atoms with Gasteiger partial charge in [0, 0.05) is 0 Å². The molecule has 5 nitrogen and oxygen atoms in total. The Morgan fingerprint density at radius 1 is 0.946 bits per heavy atom. The van der Waals surface area contributed by atoms with Gasteiger partial charge in [-0.25, -0.2) is 4.79 Å². The van der Waals surface area contributed by atoms with Crippen molar-refractivity contribution in [3.8, 4) is 0 Å². The summed E-state index contributed by atoms with van der Waals surface area (Å²) in [6.07, 6.45) is -0.624. The van der Waals surface area contributed by atoms with Gasteiger partial charge >= 0.3 is 5.97 Å². The number of ether oxygens (including phenoxy) is 1. The molecule has 8 heteroatoms. The molecule has 3 aliphatic heterocycles. The van der Waals surface area contributed by atoms with Crippen LogP contribution in [0.2, 0.25) is 0 Å². The lowest BCUT2D eigenvalue weighted by Gasteiger charge is -2.60. The Labute approximate surface area is 229 Å². The van der Waals surface area contributed by atoms with Crippen LogP contribution in [-0.2, 0) is 14.3 Å². The molecule has 3 unspecified atom stereocenters. The van der Waals surface area contributed by atoms with Crippen LogP contribution in [0.1, 0.15) is 35.1 Å². The molecule has 3 aromatic rings. The van der Waals surface area contributed by atoms with Gasteiger partial charge in [0.25, 0.3) is 0 Å². The fourth-order valence-corrected chi connectivity index (χ4v) is 7.97. The molecule has 37 heavy (non-hydrogen) atoms. The fraction of sp³-hybridized carbons (Fsp3) is 0.241. The maximum atomic E-state index is 13.8. The topological polar surface area (TPSA) is 58.6 Å². The third-order valence-corrected chi connectivity index (χ3v) is 10.3. The van der Waals surface area contributed by atoms with Crippen LogP contribution in [0.5, 0.6) is 0 Å². The predicted molar refractivity (Wildman–Crippen MR) is 146 cm³/mol. The normalized spacial score (nSPS) is 27.1. The number of esters is 1. The first-order valence-electron chi connectivity index (χ1n) is 12.1. The summed E-state index contributed by atoms with van der Waals surface area (Å²) in [4.78, 5) is 27.5. The van der Waals surface area contributed by atoms with Gasteiger partial charge in [0.1, 0.15) is 22.1 Å². The number of halogens is 2. The standard InChI is InChI=1S/C29H24Cl2N2O3S/c1-17-22(28(35)36-23(18-11-5-2-6-12-18)19-13-7-3-8-14-19)33-26(34)21-27(33)37-25(17)29(31,32-21)24(30)20-15-9-4-10-16-20/h2-16,21,23-25,27,32H,1H3/t21-,24?,25?,27-,29?/m0/s1. The number of amides is 1. The van der Waals surface area contributed by atoms with E-state index in [1.165, 1.54) is 0 Å². The van der Waals surface area contributed by atoms with E-state index in [0.29, 0.717) is 5.57 Å². The Hall–Kier alpha value is -2.77. The first kappa shape index (κ1) is 24.6. The highest BCUT2D eigenvalue weighted by Crippen LogP contribution is 2.57. The Balaban J connectivity index is 1.38. The number of β-lactam (4-membered cyclic amide) rings is 1. The minimum atomic E-state index is -1.18. The van der Waals surface area contributed by atoms with Gasteiger partial charge in [-0.15, -0.1) is 23.4 Å². The average molecular weight is 551 g/mol. The van der Waals surface area contributed by atoms with Crippen LogP contribution < -0.4 is 5.32 Å². The van der Waals surface area contributed by atoms with Crippen molar-refractivity contribution in [2.45, 2.75) is 40.1 Å². The Bertz CT molecular complexity index is 1330. The van der Waals surface area contributed by atoms with Crippen molar-refractivity contribution in [3.05, 3.63) is 119 Å². The average Bonchev–Trinajstić information content (AvgIpc) is 2.95. The monoisotopic (exact) mass is 550 g/mol. The van der Waals surface area contributed by atoms with Gasteiger partial charge in [-0.1, -0.05) is 103 Å². The van der Waals surface area contributed by atoms with Crippen molar-refractivity contribution < 1.29 is 14.3 Å². The summed E-state index contributed by atoms with van der Waals surface area (Å²) < 4.78 is 6.16. The van der Waals surface area contributed by atoms with Gasteiger partial charge in [0.15, 0.2) is 6.10 Å². The van der Waals surface area contributed by atoms with Crippen LogP contribution >= 0.6 is 35.0 Å². The quantitative estimate of drug-likeness (QED) is 0.183. The van der Waals surface area contributed by atoms with E-state index < -0.39 is 28.5 Å². The highest BCUT2D eigenvalue weighted by molar-refractivity contribution is 8.01. The van der Waals surface area contributed by atoms with Crippen molar-refractivity contribution >= 4 is 46.8 Å². The van der Waals surface area contributed by atoms with Gasteiger partial charge in [-0.3, -0.25) is 15.0 Å². The molecule has 3 aromatic carbocycles. The molecule has 3 aliphatic rings. The molecule has 0 aliphatic carbocycles. The van der Waals surface area contributed by atoms with Crippen LogP contribution in [0.15, 0.2) is 102 Å². The van der Waals surface area contributed by atoms with Crippen molar-refractivity contribution in [2.75, 3.05) is 0 Å². The number of carbonyl (C=O) groups excluding carboxylic acids is 2. The summed E-state index contributed by atoms with van der Waals surface area (Å²) >= 11 is 15.8. The van der Waals surface area contributed by atoms with Crippen molar-refractivity contribution in [2.24, 2.45) is 0 Å². The molecule has 188 valence electrons. The third-order valence-electron chi connectivity index (χ3n) is 7.17. The lowest BCUT2D eigenvalue weighted by molar-refractivity contribution is -0.155. The van der Waals surface area contributed by atoms with E-state index in [0.717, 1.165) is 16.7 Å². The van der Waals surface area contributed by atoms with E-state index >= 15 is 0 Å². The van der Waals surface area contributed by atoms with E-state index in [4.69, 9.17) is 27.9 Å². The molecule has 2 saturated heterocycles. The summed E-state index contributed by atoms with van der Waals surface area (Å²) in [6, 6.07) is 28.2. The largest absolute Gasteiger partial charge is 0.448 e. The SMILES string of the molecule is CC1=C(C(=O)OC(c2ccccc2)c2ccccc2)N2C(=O)[C@@H]3NC(Cl)(C(Cl)c4ccccc4)C1S[C@@H]32. The molecule has 1 N–H and O–H groups in total. The maximum Gasteiger partial charge on any atom is 0.356 e. The van der Waals surface area contributed by atoms with E-state index in [9.17, 15) is 9.59 Å². The minimum absolute atomic E-state index is 0.208. The predicted octanol–water partition coefficient (Wildman–Crippen LogP) is 5.76. The molecular formula is C29H24Cl2N2O3S. The number of hydrogen-bond acceptors (Lipinski definition) is 5. The van der Waals surface area contributed by atoms with Crippen molar-refractivity contribution in [1.29, 1.82) is 0 Å². The Morgan fingerprint density at radius 3 is 2.00 bits per heavy atom. The summed E-state index contributed by atoms with van der Waals surface area (Å²) in [5, 5.41) is 2.09. The lowest BCUT2D eigenvalue weighted by atomic mass is 9.89. The highest BCUT2D eigenvalue weighted by atomic mass is 35.5. The number of thioether (sulfide) groups is 1. The molecule has 0 spiro atoms. The lowest BCUT2D eigenvalue weighted by Crippen LogP contribution is -2.79. The number of nitrogens with zero attached hydrogens (tertiary/aromatic N) is 1. The summed E-state index contributed by atoms with van der Waals surface area (Å²) in [5.74, 6) is -0.760. The van der Waals surface area contributed by atoms with Crippen LogP contribution in [0.4, 0.5) is 0 Å². The number of rotatable bonds is 6. The molecule has 2 fully saturated rings. The van der Waals surface area contributed by atoms with E-state index in [1.807, 2.05) is 97.9 Å². The van der Waals surface area contributed by atoms with E-state index in [2.05, 4.69) is 5.32 Å². The highest BCUT2D eigenvalue weighted by Gasteiger charge is 2.65. The van der Waals surface area contributed by atoms with Gasteiger partial charge in [0.2, 0.25) is 5.91 Å². The number of fused-ring (bicyclic) bond motifs is 1. The maximum absolute atomic E-state index is 13.8. The van der Waals surface area contributed by atoms with Gasteiger partial charge in [-0.05, 0) is 29.2 Å². The van der Waals surface area contributed by atoms with E-state index in [1.54, 1.807) is 16.7 Å². The second-order valence-electron chi connectivity index (χ2n) is 9.42. The van der Waals surface area contributed by atoms with Crippen LogP contribution in [-0.4, -0.2) is 38.4 Å². The number of benzene rings is 3. The molecule has 0 radical (unpaired) electrons. The summed E-state index contributed by atoms with van der Waals surface area (Å²) in [6.45, 7) is 1.84. The minimum Gasteiger partial charge on any atom is -0.448 e. The molecule has 5 atom stereocenters. The number of alkyl halides is 2. The number of nitrogens with one attached hydrogen (secondary N) is 1. The Morgan fingerprint density at radius 2 is 1.46 bits per heavy atom. The number of carbonyl (C=O) groups is 2. The zero-order valence-electron chi connectivity index (χ0n) is 19.9. The van der Waals surface area contributed by atoms with Gasteiger partial charge in [0.05, 0.1) is 10.6 Å². The second-order valence-corrected chi connectivity index (χ2v) is 11.7. The van der Waals surface area contributed by atoms with Crippen LogP contribution in [0.3, 0.4) is 0 Å². The second kappa shape index (κ2) is 9.52. The molecule has 3 heterocycles. The molecule has 2 bridgehead atoms. The van der Waals surface area contributed by atoms with Gasteiger partial charge < -0.3 is 4.74 Å². The van der Waals surface area contributed by atoms with Crippen LogP contribution in [0.25, 0.3) is 0 Å². The molecule has 0 saturated carbocycles. The van der Waals surface area contributed by atoms with Crippen LogP contribution in [0, 0.1) is 0 Å². The Kier molecular flexibility index (Phi) is 6.32. The van der Waals surface area contributed by atoms with E-state index in [-0.39, 0.29) is 22.2 Å². The van der Waals surface area contributed by atoms with Gasteiger partial charge in [-0.2, -0.15) is 0 Å². The third kappa shape index (κ3) is 3.98. The van der Waals surface area contributed by atoms with Crippen molar-refractivity contribution in [3.63, 3.8) is 0 Å². The zero-order valence-corrected chi connectivity index (χ0v) is 22.2.